The van der Waals surface area contributed by atoms with Crippen LogP contribution < -0.4 is 11.1 Å². The zero-order valence-corrected chi connectivity index (χ0v) is 13.3. The van der Waals surface area contributed by atoms with Crippen molar-refractivity contribution in [2.75, 3.05) is 25.0 Å². The number of aliphatic imine (C=N–C) groups is 1. The highest BCUT2D eigenvalue weighted by atomic mass is 16.2. The third kappa shape index (κ3) is 5.39. The monoisotopic (exact) mass is 302 g/mol. The fourth-order valence-corrected chi connectivity index (χ4v) is 2.56. The second kappa shape index (κ2) is 8.41. The number of anilines is 1. The number of nitrogens with two attached hydrogens (primary N) is 1. The quantitative estimate of drug-likeness (QED) is 0.499. The standard InChI is InChI=1S/C17H26N4O/c1-14-7-9-15(10-8-14)20-17(18)19-11-5-13-21-12-4-2-3-6-16(21)22/h7-10H,2-6,11-13H2,1H3,(H3,18,19,20). The van der Waals surface area contributed by atoms with Crippen molar-refractivity contribution < 1.29 is 4.79 Å². The second-order valence-corrected chi connectivity index (χ2v) is 5.80. The lowest BCUT2D eigenvalue weighted by Gasteiger charge is -2.19. The fourth-order valence-electron chi connectivity index (χ4n) is 2.56. The van der Waals surface area contributed by atoms with Gasteiger partial charge in [0.15, 0.2) is 5.96 Å². The van der Waals surface area contributed by atoms with Crippen molar-refractivity contribution in [3.63, 3.8) is 0 Å². The minimum atomic E-state index is 0.284. The van der Waals surface area contributed by atoms with Gasteiger partial charge >= 0.3 is 0 Å². The number of benzene rings is 1. The molecule has 0 aliphatic carbocycles. The first-order valence-corrected chi connectivity index (χ1v) is 8.06. The van der Waals surface area contributed by atoms with Crippen LogP contribution in [0.1, 0.15) is 37.7 Å². The molecule has 0 bridgehead atoms. The highest BCUT2D eigenvalue weighted by Gasteiger charge is 2.15. The number of amides is 1. The number of likely N-dealkylation sites (tertiary alicyclic amines) is 1. The minimum Gasteiger partial charge on any atom is -0.370 e. The third-order valence-corrected chi connectivity index (χ3v) is 3.86. The van der Waals surface area contributed by atoms with Gasteiger partial charge < -0.3 is 16.0 Å². The van der Waals surface area contributed by atoms with Crippen molar-refractivity contribution in [1.29, 1.82) is 0 Å². The van der Waals surface area contributed by atoms with Crippen molar-refractivity contribution in [2.24, 2.45) is 10.7 Å². The molecule has 1 saturated heterocycles. The van der Waals surface area contributed by atoms with Gasteiger partial charge in [0.2, 0.25) is 5.91 Å². The van der Waals surface area contributed by atoms with Gasteiger partial charge in [-0.25, -0.2) is 0 Å². The van der Waals surface area contributed by atoms with E-state index in [0.717, 1.165) is 44.5 Å². The van der Waals surface area contributed by atoms with E-state index in [1.807, 2.05) is 36.1 Å². The van der Waals surface area contributed by atoms with Gasteiger partial charge in [-0.1, -0.05) is 24.1 Å². The van der Waals surface area contributed by atoms with Gasteiger partial charge in [-0.2, -0.15) is 0 Å². The lowest BCUT2D eigenvalue weighted by molar-refractivity contribution is -0.130. The first-order valence-electron chi connectivity index (χ1n) is 8.06. The molecule has 22 heavy (non-hydrogen) atoms. The summed E-state index contributed by atoms with van der Waals surface area (Å²) in [7, 11) is 0. The Labute approximate surface area is 132 Å². The van der Waals surface area contributed by atoms with Gasteiger partial charge in [-0.15, -0.1) is 0 Å². The van der Waals surface area contributed by atoms with Gasteiger partial charge in [0.25, 0.3) is 0 Å². The minimum absolute atomic E-state index is 0.284. The number of nitrogens with zero attached hydrogens (tertiary/aromatic N) is 2. The van der Waals surface area contributed by atoms with Crippen LogP contribution in [0.3, 0.4) is 0 Å². The van der Waals surface area contributed by atoms with Gasteiger partial charge in [-0.05, 0) is 38.3 Å². The molecule has 5 heteroatoms. The number of carbonyl (C=O) groups is 1. The fraction of sp³-hybridized carbons (Fsp3) is 0.529. The summed E-state index contributed by atoms with van der Waals surface area (Å²) in [5.74, 6) is 0.707. The number of nitrogens with one attached hydrogen (secondary N) is 1. The summed E-state index contributed by atoms with van der Waals surface area (Å²) in [6.45, 7) is 4.35. The molecule has 1 heterocycles. The van der Waals surface area contributed by atoms with Crippen LogP contribution >= 0.6 is 0 Å². The van der Waals surface area contributed by atoms with Crippen LogP contribution in [-0.4, -0.2) is 36.4 Å². The number of aryl methyl sites for hydroxylation is 1. The maximum absolute atomic E-state index is 11.9. The molecule has 1 aliphatic rings. The van der Waals surface area contributed by atoms with Gasteiger partial charge in [0, 0.05) is 31.7 Å². The molecule has 1 aromatic rings. The summed E-state index contributed by atoms with van der Waals surface area (Å²) < 4.78 is 0. The van der Waals surface area contributed by atoms with E-state index in [-0.39, 0.29) is 5.91 Å². The maximum Gasteiger partial charge on any atom is 0.222 e. The van der Waals surface area contributed by atoms with Crippen LogP contribution in [0.4, 0.5) is 5.69 Å². The molecule has 3 N–H and O–H groups in total. The summed E-state index contributed by atoms with van der Waals surface area (Å²) in [5, 5.41) is 3.07. The van der Waals surface area contributed by atoms with Crippen LogP contribution in [-0.2, 0) is 4.79 Å². The number of guanidine groups is 1. The molecule has 0 saturated carbocycles. The van der Waals surface area contributed by atoms with Crippen LogP contribution in [0.2, 0.25) is 0 Å². The maximum atomic E-state index is 11.9. The molecule has 0 spiro atoms. The molecule has 1 aromatic carbocycles. The molecule has 0 radical (unpaired) electrons. The van der Waals surface area contributed by atoms with E-state index < -0.39 is 0 Å². The largest absolute Gasteiger partial charge is 0.370 e. The average molecular weight is 302 g/mol. The third-order valence-electron chi connectivity index (χ3n) is 3.86. The molecule has 1 amide bonds. The molecular formula is C17H26N4O. The molecule has 0 atom stereocenters. The number of carbonyl (C=O) groups excluding carboxylic acids is 1. The first kappa shape index (κ1) is 16.3. The highest BCUT2D eigenvalue weighted by molar-refractivity contribution is 5.92. The number of hydrogen-bond donors (Lipinski definition) is 2. The van der Waals surface area contributed by atoms with Gasteiger partial charge in [-0.3, -0.25) is 9.79 Å². The van der Waals surface area contributed by atoms with Crippen molar-refractivity contribution in [2.45, 2.75) is 39.0 Å². The Bertz CT molecular complexity index is 510. The molecule has 120 valence electrons. The van der Waals surface area contributed by atoms with Crippen molar-refractivity contribution in [3.05, 3.63) is 29.8 Å². The molecular weight excluding hydrogens is 276 g/mol. The topological polar surface area (TPSA) is 70.7 Å². The Kier molecular flexibility index (Phi) is 6.25. The lowest BCUT2D eigenvalue weighted by Crippen LogP contribution is -2.31. The number of hydrogen-bond acceptors (Lipinski definition) is 2. The normalized spacial score (nSPS) is 16.5. The summed E-state index contributed by atoms with van der Waals surface area (Å²) in [6, 6.07) is 8.02. The second-order valence-electron chi connectivity index (χ2n) is 5.80. The predicted molar refractivity (Wildman–Crippen MR) is 91.0 cm³/mol. The first-order chi connectivity index (χ1) is 10.6. The summed E-state index contributed by atoms with van der Waals surface area (Å²) in [6.07, 6.45) is 4.85. The molecule has 2 rings (SSSR count). The Morgan fingerprint density at radius 1 is 1.27 bits per heavy atom. The van der Waals surface area contributed by atoms with Crippen LogP contribution in [0.25, 0.3) is 0 Å². The SMILES string of the molecule is Cc1ccc(NC(N)=NCCCN2CCCCCC2=O)cc1. The Balaban J connectivity index is 1.72. The van der Waals surface area contributed by atoms with E-state index in [4.69, 9.17) is 5.73 Å². The zero-order chi connectivity index (χ0) is 15.8. The van der Waals surface area contributed by atoms with Crippen LogP contribution in [0, 0.1) is 6.92 Å². The van der Waals surface area contributed by atoms with Gasteiger partial charge in [0.05, 0.1) is 0 Å². The van der Waals surface area contributed by atoms with E-state index in [2.05, 4.69) is 10.3 Å². The lowest BCUT2D eigenvalue weighted by atomic mass is 10.2. The van der Waals surface area contributed by atoms with E-state index in [1.165, 1.54) is 5.56 Å². The van der Waals surface area contributed by atoms with Crippen LogP contribution in [0.15, 0.2) is 29.3 Å². The van der Waals surface area contributed by atoms with E-state index in [9.17, 15) is 4.79 Å². The van der Waals surface area contributed by atoms with E-state index in [1.54, 1.807) is 0 Å². The van der Waals surface area contributed by atoms with Crippen LogP contribution in [0.5, 0.6) is 0 Å². The summed E-state index contributed by atoms with van der Waals surface area (Å²) >= 11 is 0. The average Bonchev–Trinajstić information content (AvgIpc) is 2.71. The van der Waals surface area contributed by atoms with E-state index in [0.29, 0.717) is 18.9 Å². The summed E-state index contributed by atoms with van der Waals surface area (Å²) in [4.78, 5) is 18.1. The van der Waals surface area contributed by atoms with Gasteiger partial charge in [0.1, 0.15) is 0 Å². The molecule has 1 aliphatic heterocycles. The Hall–Kier alpha value is -2.04. The smallest absolute Gasteiger partial charge is 0.222 e. The predicted octanol–water partition coefficient (Wildman–Crippen LogP) is 2.51. The summed E-state index contributed by atoms with van der Waals surface area (Å²) in [5.41, 5.74) is 8.02. The van der Waals surface area contributed by atoms with Crippen molar-refractivity contribution in [3.8, 4) is 0 Å². The zero-order valence-electron chi connectivity index (χ0n) is 13.3. The molecule has 0 aromatic heterocycles. The molecule has 5 nitrogen and oxygen atoms in total. The highest BCUT2D eigenvalue weighted by Crippen LogP contribution is 2.11. The van der Waals surface area contributed by atoms with Crippen molar-refractivity contribution in [1.82, 2.24) is 4.90 Å². The Morgan fingerprint density at radius 3 is 2.82 bits per heavy atom. The van der Waals surface area contributed by atoms with Crippen molar-refractivity contribution >= 4 is 17.6 Å². The molecule has 0 unspecified atom stereocenters. The number of rotatable bonds is 5. The Morgan fingerprint density at radius 2 is 2.05 bits per heavy atom. The van der Waals surface area contributed by atoms with E-state index >= 15 is 0 Å². The molecule has 1 fully saturated rings.